The Bertz CT molecular complexity index is 2140. The molecule has 0 fully saturated rings. The van der Waals surface area contributed by atoms with Crippen LogP contribution in [-0.4, -0.2) is 41.8 Å². The first-order valence-corrected chi connectivity index (χ1v) is 17.6. The topological polar surface area (TPSA) is 87.1 Å². The van der Waals surface area contributed by atoms with Crippen molar-refractivity contribution in [2.24, 2.45) is 21.1 Å². The number of aromatic carboxylic acids is 1. The van der Waals surface area contributed by atoms with Crippen molar-refractivity contribution in [2.75, 3.05) is 6.61 Å². The molecule has 236 valence electrons. The van der Waals surface area contributed by atoms with Crippen molar-refractivity contribution in [2.45, 2.75) is 48.8 Å². The summed E-state index contributed by atoms with van der Waals surface area (Å²) < 4.78 is 12.3. The fourth-order valence-electron chi connectivity index (χ4n) is 6.81. The highest BCUT2D eigenvalue weighted by molar-refractivity contribution is 7.98. The van der Waals surface area contributed by atoms with Crippen LogP contribution in [0.15, 0.2) is 59.5 Å². The van der Waals surface area contributed by atoms with E-state index in [1.807, 2.05) is 52.9 Å². The summed E-state index contributed by atoms with van der Waals surface area (Å²) in [6.07, 6.45) is 1.27. The number of benzene rings is 3. The molecule has 6 aromatic rings. The number of ether oxygens (including phenoxy) is 1. The maximum Gasteiger partial charge on any atom is 0.352 e. The SMILES string of the molecule is Cc1ccc2c3c(C(=O)O)n(C)c2c1-c1c(c(C)nn1C)CSCc1cc(n(C)n1)CSc1cc(c2ccccc2c1)OCCC3. The van der Waals surface area contributed by atoms with E-state index in [1.165, 1.54) is 11.3 Å². The molecule has 3 aromatic carbocycles. The molecule has 4 heterocycles. The first-order chi connectivity index (χ1) is 22.2. The molecule has 0 radical (unpaired) electrons. The fourth-order valence-corrected chi connectivity index (χ4v) is 8.80. The number of hydrogen-bond donors (Lipinski definition) is 1. The van der Waals surface area contributed by atoms with Crippen LogP contribution >= 0.6 is 23.5 Å². The second-order valence-electron chi connectivity index (χ2n) is 12.0. The van der Waals surface area contributed by atoms with Gasteiger partial charge in [0.1, 0.15) is 11.4 Å². The lowest BCUT2D eigenvalue weighted by Gasteiger charge is -2.14. The Kier molecular flexibility index (Phi) is 8.10. The first-order valence-electron chi connectivity index (χ1n) is 15.5. The Labute approximate surface area is 276 Å². The Morgan fingerprint density at radius 1 is 0.913 bits per heavy atom. The first kappa shape index (κ1) is 30.5. The van der Waals surface area contributed by atoms with E-state index in [-0.39, 0.29) is 0 Å². The highest BCUT2D eigenvalue weighted by Gasteiger charge is 2.27. The molecule has 0 atom stereocenters. The van der Waals surface area contributed by atoms with E-state index in [9.17, 15) is 9.90 Å². The standard InChI is InChI=1S/C36H37N5O3S2/c1-21-12-13-29-28-11-8-14-44-31-17-26(15-23-9-6-7-10-27(23)31)46-19-25-16-24(38-40(25)4)18-45-20-30-22(2)37-41(5)34(30)32(21)33(29)39(3)35(28)36(42)43/h6-7,9-10,12-13,15-17H,8,11,14,18-20H2,1-5H3,(H,42,43). The molecule has 8 bridgehead atoms. The molecule has 0 amide bonds. The number of fused-ring (bicyclic) bond motifs is 8. The summed E-state index contributed by atoms with van der Waals surface area (Å²) >= 11 is 3.61. The summed E-state index contributed by atoms with van der Waals surface area (Å²) in [4.78, 5) is 13.9. The van der Waals surface area contributed by atoms with Crippen LogP contribution in [-0.2, 0) is 44.8 Å². The highest BCUT2D eigenvalue weighted by Crippen LogP contribution is 2.40. The second-order valence-corrected chi connectivity index (χ2v) is 14.0. The van der Waals surface area contributed by atoms with Crippen LogP contribution in [0.25, 0.3) is 32.9 Å². The van der Waals surface area contributed by atoms with Gasteiger partial charge in [0.05, 0.1) is 29.2 Å². The predicted molar refractivity (Wildman–Crippen MR) is 187 cm³/mol. The van der Waals surface area contributed by atoms with E-state index in [0.29, 0.717) is 25.1 Å². The molecule has 1 N–H and O–H groups in total. The predicted octanol–water partition coefficient (Wildman–Crippen LogP) is 7.83. The summed E-state index contributed by atoms with van der Waals surface area (Å²) in [6, 6.07) is 19.1. The monoisotopic (exact) mass is 651 g/mol. The van der Waals surface area contributed by atoms with Gasteiger partial charge in [0.2, 0.25) is 0 Å². The number of hydrogen-bond acceptors (Lipinski definition) is 6. The van der Waals surface area contributed by atoms with E-state index >= 15 is 0 Å². The van der Waals surface area contributed by atoms with Gasteiger partial charge in [0.25, 0.3) is 0 Å². The molecule has 0 saturated heterocycles. The van der Waals surface area contributed by atoms with E-state index in [1.54, 1.807) is 11.8 Å². The van der Waals surface area contributed by atoms with Gasteiger partial charge in [-0.3, -0.25) is 9.36 Å². The minimum atomic E-state index is -0.921. The van der Waals surface area contributed by atoms with Crippen molar-refractivity contribution in [3.63, 3.8) is 0 Å². The van der Waals surface area contributed by atoms with Crippen LogP contribution in [0.1, 0.15) is 50.7 Å². The van der Waals surface area contributed by atoms with Crippen LogP contribution in [0, 0.1) is 13.8 Å². The van der Waals surface area contributed by atoms with Crippen molar-refractivity contribution in [3.05, 3.63) is 94.1 Å². The maximum absolute atomic E-state index is 12.8. The van der Waals surface area contributed by atoms with Crippen molar-refractivity contribution >= 4 is 51.2 Å². The number of aromatic nitrogens is 5. The van der Waals surface area contributed by atoms with Gasteiger partial charge >= 0.3 is 5.97 Å². The summed E-state index contributed by atoms with van der Waals surface area (Å²) in [5, 5.41) is 23.3. The minimum absolute atomic E-state index is 0.327. The molecule has 0 saturated carbocycles. The fraction of sp³-hybridized carbons (Fsp3) is 0.306. The third-order valence-corrected chi connectivity index (χ3v) is 11.0. The molecule has 0 unspecified atom stereocenters. The smallest absolute Gasteiger partial charge is 0.352 e. The van der Waals surface area contributed by atoms with Crippen molar-refractivity contribution in [3.8, 4) is 17.0 Å². The summed E-state index contributed by atoms with van der Waals surface area (Å²) in [5.41, 5.74) is 9.64. The lowest BCUT2D eigenvalue weighted by atomic mass is 9.96. The number of thioether (sulfide) groups is 2. The van der Waals surface area contributed by atoms with E-state index in [4.69, 9.17) is 14.9 Å². The molecule has 0 spiro atoms. The Hall–Kier alpha value is -4.15. The molecule has 46 heavy (non-hydrogen) atoms. The van der Waals surface area contributed by atoms with Gasteiger partial charge in [-0.05, 0) is 61.4 Å². The zero-order valence-electron chi connectivity index (χ0n) is 26.8. The number of carbonyl (C=O) groups is 1. The van der Waals surface area contributed by atoms with Crippen molar-refractivity contribution in [1.82, 2.24) is 24.1 Å². The molecule has 3 aromatic heterocycles. The van der Waals surface area contributed by atoms with Gasteiger partial charge in [-0.25, -0.2) is 4.79 Å². The quantitative estimate of drug-likeness (QED) is 0.194. The van der Waals surface area contributed by atoms with Crippen LogP contribution in [0.4, 0.5) is 0 Å². The summed E-state index contributed by atoms with van der Waals surface area (Å²) in [7, 11) is 5.87. The second kappa shape index (κ2) is 12.2. The number of nitrogens with zero attached hydrogens (tertiary/aromatic N) is 5. The number of aryl methyl sites for hydroxylation is 6. The summed E-state index contributed by atoms with van der Waals surface area (Å²) in [5.74, 6) is 2.28. The maximum atomic E-state index is 12.8. The molecule has 0 aliphatic carbocycles. The largest absolute Gasteiger partial charge is 0.493 e. The van der Waals surface area contributed by atoms with E-state index in [0.717, 1.165) is 83.4 Å². The van der Waals surface area contributed by atoms with Crippen LogP contribution in [0.5, 0.6) is 5.75 Å². The normalized spacial score (nSPS) is 14.3. The number of carboxylic acid groups (broad SMARTS) is 1. The van der Waals surface area contributed by atoms with Crippen molar-refractivity contribution < 1.29 is 14.6 Å². The zero-order valence-corrected chi connectivity index (χ0v) is 28.4. The van der Waals surface area contributed by atoms with Gasteiger partial charge in [-0.2, -0.15) is 22.0 Å². The molecular weight excluding hydrogens is 615 g/mol. The van der Waals surface area contributed by atoms with Gasteiger partial charge in [0.15, 0.2) is 0 Å². The van der Waals surface area contributed by atoms with Gasteiger partial charge in [-0.15, -0.1) is 11.8 Å². The average molecular weight is 652 g/mol. The molecular formula is C36H37N5O3S2. The lowest BCUT2D eigenvalue weighted by molar-refractivity contribution is 0.0685. The molecule has 1 aliphatic rings. The molecule has 1 aliphatic heterocycles. The van der Waals surface area contributed by atoms with Crippen molar-refractivity contribution in [1.29, 1.82) is 0 Å². The van der Waals surface area contributed by atoms with Crippen LogP contribution in [0.2, 0.25) is 0 Å². The molecule has 8 nitrogen and oxygen atoms in total. The Balaban J connectivity index is 1.36. The third kappa shape index (κ3) is 5.37. The zero-order chi connectivity index (χ0) is 32.1. The van der Waals surface area contributed by atoms with E-state index in [2.05, 4.69) is 62.4 Å². The van der Waals surface area contributed by atoms with E-state index < -0.39 is 5.97 Å². The van der Waals surface area contributed by atoms with Gasteiger partial charge in [0, 0.05) is 70.9 Å². The van der Waals surface area contributed by atoms with Gasteiger partial charge in [-0.1, -0.05) is 36.4 Å². The van der Waals surface area contributed by atoms with Crippen LogP contribution < -0.4 is 4.74 Å². The summed E-state index contributed by atoms with van der Waals surface area (Å²) in [6.45, 7) is 4.63. The Morgan fingerprint density at radius 2 is 1.74 bits per heavy atom. The van der Waals surface area contributed by atoms with Gasteiger partial charge < -0.3 is 14.4 Å². The minimum Gasteiger partial charge on any atom is -0.493 e. The Morgan fingerprint density at radius 3 is 2.57 bits per heavy atom. The molecule has 10 heteroatoms. The average Bonchev–Trinajstić information content (AvgIpc) is 3.62. The third-order valence-electron chi connectivity index (χ3n) is 8.99. The lowest BCUT2D eigenvalue weighted by Crippen LogP contribution is -2.09. The van der Waals surface area contributed by atoms with Crippen LogP contribution in [0.3, 0.4) is 0 Å². The molecule has 7 rings (SSSR count). The number of carboxylic acids is 1. The highest BCUT2D eigenvalue weighted by atomic mass is 32.2. The number of rotatable bonds is 1.